The van der Waals surface area contributed by atoms with Crippen molar-refractivity contribution in [2.75, 3.05) is 13.1 Å². The van der Waals surface area contributed by atoms with E-state index in [1.165, 1.54) is 0 Å². The van der Waals surface area contributed by atoms with E-state index in [2.05, 4.69) is 4.72 Å². The normalized spacial score (nSPS) is 17.3. The number of likely N-dealkylation sites (tertiary alicyclic amines) is 1. The van der Waals surface area contributed by atoms with Gasteiger partial charge in [-0.3, -0.25) is 4.79 Å². The van der Waals surface area contributed by atoms with Crippen molar-refractivity contribution >= 4 is 15.9 Å². The van der Waals surface area contributed by atoms with Crippen LogP contribution in [0.5, 0.6) is 0 Å². The minimum atomic E-state index is -3.72. The number of carbonyl (C=O) groups is 1. The van der Waals surface area contributed by atoms with E-state index in [0.717, 1.165) is 19.3 Å². The summed E-state index contributed by atoms with van der Waals surface area (Å²) in [6, 6.07) is 6.09. The molecule has 128 valence electrons. The number of carbonyl (C=O) groups excluding carboxylic acids is 1. The number of nitrogens with zero attached hydrogens (tertiary/aromatic N) is 1. The zero-order chi connectivity index (χ0) is 17.0. The van der Waals surface area contributed by atoms with Crippen molar-refractivity contribution in [2.24, 2.45) is 5.92 Å². The molecule has 0 saturated carbocycles. The summed E-state index contributed by atoms with van der Waals surface area (Å²) >= 11 is 0. The number of nitrogens with one attached hydrogen (secondary N) is 1. The van der Waals surface area contributed by atoms with E-state index in [9.17, 15) is 13.2 Å². The number of hydrogen-bond acceptors (Lipinski definition) is 3. The number of hydrogen-bond donors (Lipinski definition) is 1. The highest BCUT2D eigenvalue weighted by molar-refractivity contribution is 7.89. The van der Waals surface area contributed by atoms with Gasteiger partial charge in [-0.1, -0.05) is 32.0 Å². The van der Waals surface area contributed by atoms with Crippen molar-refractivity contribution in [3.8, 4) is 0 Å². The Balaban J connectivity index is 2.22. The van der Waals surface area contributed by atoms with Crippen LogP contribution in [0.2, 0.25) is 0 Å². The molecule has 1 atom stereocenters. The van der Waals surface area contributed by atoms with Gasteiger partial charge in [-0.2, -0.15) is 4.72 Å². The van der Waals surface area contributed by atoms with E-state index in [4.69, 9.17) is 0 Å². The highest BCUT2D eigenvalue weighted by Gasteiger charge is 2.32. The van der Waals surface area contributed by atoms with Gasteiger partial charge in [0.1, 0.15) is 6.04 Å². The number of amides is 1. The molecule has 0 radical (unpaired) electrons. The molecule has 2 rings (SSSR count). The predicted molar refractivity (Wildman–Crippen MR) is 90.6 cm³/mol. The molecule has 1 heterocycles. The fraction of sp³-hybridized carbons (Fsp3) is 0.588. The molecule has 1 saturated heterocycles. The average molecular weight is 338 g/mol. The molecule has 0 bridgehead atoms. The lowest BCUT2D eigenvalue weighted by atomic mass is 10.0. The van der Waals surface area contributed by atoms with Crippen molar-refractivity contribution in [3.05, 3.63) is 29.8 Å². The Morgan fingerprint density at radius 2 is 1.74 bits per heavy atom. The van der Waals surface area contributed by atoms with Gasteiger partial charge in [0.2, 0.25) is 15.9 Å². The Bertz CT molecular complexity index is 650. The van der Waals surface area contributed by atoms with Gasteiger partial charge in [0.15, 0.2) is 0 Å². The van der Waals surface area contributed by atoms with Gasteiger partial charge in [0, 0.05) is 13.1 Å². The van der Waals surface area contributed by atoms with Crippen molar-refractivity contribution in [2.45, 2.75) is 51.0 Å². The molecule has 0 aliphatic carbocycles. The molecule has 1 aromatic rings. The van der Waals surface area contributed by atoms with Crippen LogP contribution in [0.25, 0.3) is 0 Å². The Hall–Kier alpha value is -1.40. The monoisotopic (exact) mass is 338 g/mol. The van der Waals surface area contributed by atoms with E-state index < -0.39 is 16.1 Å². The number of piperidine rings is 1. The van der Waals surface area contributed by atoms with Crippen molar-refractivity contribution in [1.29, 1.82) is 0 Å². The number of sulfonamides is 1. The Kier molecular flexibility index (Phi) is 5.81. The maximum atomic E-state index is 12.7. The molecule has 1 aliphatic rings. The summed E-state index contributed by atoms with van der Waals surface area (Å²) in [5.41, 5.74) is 0.674. The third kappa shape index (κ3) is 4.32. The van der Waals surface area contributed by atoms with E-state index in [1.54, 1.807) is 36.1 Å². The summed E-state index contributed by atoms with van der Waals surface area (Å²) in [5, 5.41) is 0. The zero-order valence-corrected chi connectivity index (χ0v) is 14.9. The van der Waals surface area contributed by atoms with Crippen LogP contribution in [0.4, 0.5) is 0 Å². The fourth-order valence-corrected chi connectivity index (χ4v) is 4.46. The molecule has 6 heteroatoms. The quantitative estimate of drug-likeness (QED) is 0.896. The van der Waals surface area contributed by atoms with Gasteiger partial charge < -0.3 is 4.90 Å². The van der Waals surface area contributed by atoms with E-state index in [-0.39, 0.29) is 16.7 Å². The van der Waals surface area contributed by atoms with Gasteiger partial charge in [0.25, 0.3) is 0 Å². The van der Waals surface area contributed by atoms with Crippen molar-refractivity contribution < 1.29 is 13.2 Å². The summed E-state index contributed by atoms with van der Waals surface area (Å²) in [5.74, 6) is -0.222. The number of benzene rings is 1. The topological polar surface area (TPSA) is 66.5 Å². The van der Waals surface area contributed by atoms with E-state index in [1.807, 2.05) is 13.8 Å². The SMILES string of the molecule is Cc1ccccc1S(=O)(=O)NC(C(=O)N1CCCCC1)C(C)C. The van der Waals surface area contributed by atoms with Gasteiger partial charge in [0.05, 0.1) is 4.90 Å². The van der Waals surface area contributed by atoms with Crippen LogP contribution in [0.3, 0.4) is 0 Å². The van der Waals surface area contributed by atoms with E-state index in [0.29, 0.717) is 18.7 Å². The molecule has 5 nitrogen and oxygen atoms in total. The number of rotatable bonds is 5. The number of aryl methyl sites for hydroxylation is 1. The maximum Gasteiger partial charge on any atom is 0.241 e. The van der Waals surface area contributed by atoms with Crippen molar-refractivity contribution in [1.82, 2.24) is 9.62 Å². The summed E-state index contributed by atoms with van der Waals surface area (Å²) < 4.78 is 28.0. The van der Waals surface area contributed by atoms with Crippen LogP contribution in [0.1, 0.15) is 38.7 Å². The minimum Gasteiger partial charge on any atom is -0.341 e. The average Bonchev–Trinajstić information content (AvgIpc) is 2.53. The second kappa shape index (κ2) is 7.45. The molecule has 23 heavy (non-hydrogen) atoms. The standard InChI is InChI=1S/C17H26N2O3S/c1-13(2)16(17(20)19-11-7-4-8-12-19)18-23(21,22)15-10-6-5-9-14(15)3/h5-6,9-10,13,16,18H,4,7-8,11-12H2,1-3H3. The second-order valence-corrected chi connectivity index (χ2v) is 8.18. The molecule has 1 aromatic carbocycles. The van der Waals surface area contributed by atoms with Gasteiger partial charge >= 0.3 is 0 Å². The lowest BCUT2D eigenvalue weighted by molar-refractivity contribution is -0.134. The van der Waals surface area contributed by atoms with Gasteiger partial charge in [-0.25, -0.2) is 8.42 Å². The minimum absolute atomic E-state index is 0.108. The Morgan fingerprint density at radius 3 is 2.30 bits per heavy atom. The van der Waals surface area contributed by atoms with Crippen LogP contribution >= 0.6 is 0 Å². The lowest BCUT2D eigenvalue weighted by Crippen LogP contribution is -2.52. The lowest BCUT2D eigenvalue weighted by Gasteiger charge is -2.32. The summed E-state index contributed by atoms with van der Waals surface area (Å²) in [7, 11) is -3.72. The largest absolute Gasteiger partial charge is 0.341 e. The molecule has 1 unspecified atom stereocenters. The molecule has 1 fully saturated rings. The van der Waals surface area contributed by atoms with Crippen LogP contribution < -0.4 is 4.72 Å². The molecule has 1 amide bonds. The van der Waals surface area contributed by atoms with Gasteiger partial charge in [-0.05, 0) is 43.7 Å². The van der Waals surface area contributed by atoms with Crippen LogP contribution in [-0.4, -0.2) is 38.4 Å². The summed E-state index contributed by atoms with van der Waals surface area (Å²) in [6.07, 6.45) is 3.10. The first kappa shape index (κ1) is 17.9. The third-order valence-electron chi connectivity index (χ3n) is 4.27. The molecule has 0 aromatic heterocycles. The zero-order valence-electron chi connectivity index (χ0n) is 14.1. The fourth-order valence-electron chi connectivity index (χ4n) is 2.87. The Morgan fingerprint density at radius 1 is 1.13 bits per heavy atom. The van der Waals surface area contributed by atoms with Crippen LogP contribution in [0, 0.1) is 12.8 Å². The van der Waals surface area contributed by atoms with E-state index >= 15 is 0 Å². The first-order chi connectivity index (χ1) is 10.8. The maximum absolute atomic E-state index is 12.7. The highest BCUT2D eigenvalue weighted by atomic mass is 32.2. The second-order valence-electron chi connectivity index (χ2n) is 6.49. The smallest absolute Gasteiger partial charge is 0.241 e. The third-order valence-corrected chi connectivity index (χ3v) is 5.87. The van der Waals surface area contributed by atoms with Crippen molar-refractivity contribution in [3.63, 3.8) is 0 Å². The summed E-state index contributed by atoms with van der Waals surface area (Å²) in [4.78, 5) is 14.8. The molecule has 0 spiro atoms. The Labute approximate surface area is 139 Å². The predicted octanol–water partition coefficient (Wildman–Crippen LogP) is 2.31. The molecular weight excluding hydrogens is 312 g/mol. The highest BCUT2D eigenvalue weighted by Crippen LogP contribution is 2.18. The molecule has 1 N–H and O–H groups in total. The first-order valence-electron chi connectivity index (χ1n) is 8.19. The molecular formula is C17H26N2O3S. The molecule has 1 aliphatic heterocycles. The van der Waals surface area contributed by atoms with Crippen LogP contribution in [-0.2, 0) is 14.8 Å². The first-order valence-corrected chi connectivity index (χ1v) is 9.68. The van der Waals surface area contributed by atoms with Crippen LogP contribution in [0.15, 0.2) is 29.2 Å². The summed E-state index contributed by atoms with van der Waals surface area (Å²) in [6.45, 7) is 6.92. The van der Waals surface area contributed by atoms with Gasteiger partial charge in [-0.15, -0.1) is 0 Å².